The number of hydrogen-bond donors (Lipinski definition) is 1. The number of carboxylic acids is 1. The second-order valence-electron chi connectivity index (χ2n) is 6.27. The van der Waals surface area contributed by atoms with Gasteiger partial charge in [-0.1, -0.05) is 31.2 Å². The van der Waals surface area contributed by atoms with Gasteiger partial charge in [0.25, 0.3) is 5.56 Å². The summed E-state index contributed by atoms with van der Waals surface area (Å²) in [4.78, 5) is 23.0. The monoisotopic (exact) mass is 407 g/mol. The minimum atomic E-state index is -4.72. The van der Waals surface area contributed by atoms with Crippen molar-refractivity contribution in [1.29, 1.82) is 0 Å². The van der Waals surface area contributed by atoms with Gasteiger partial charge in [0.1, 0.15) is 0 Å². The lowest BCUT2D eigenvalue weighted by molar-refractivity contribution is -0.183. The van der Waals surface area contributed by atoms with E-state index in [9.17, 15) is 35.9 Å². The average Bonchev–Trinajstić information content (AvgIpc) is 2.56. The Morgan fingerprint density at radius 3 is 2.07 bits per heavy atom. The Labute approximate surface area is 155 Å². The number of aromatic nitrogens is 1. The highest BCUT2D eigenvalue weighted by molar-refractivity contribution is 5.76. The minimum Gasteiger partial charge on any atom is -0.481 e. The third kappa shape index (κ3) is 4.93. The SMILES string of the molecule is CC(C(C(=O)O)c1ccc(Cn2cc(C(F)(F)F)ccc2=O)cc1)C(F)(F)F. The molecule has 28 heavy (non-hydrogen) atoms. The summed E-state index contributed by atoms with van der Waals surface area (Å²) in [6.07, 6.45) is -8.71. The zero-order valence-corrected chi connectivity index (χ0v) is 14.4. The maximum Gasteiger partial charge on any atom is 0.417 e. The molecule has 1 aromatic carbocycles. The van der Waals surface area contributed by atoms with Crippen LogP contribution < -0.4 is 5.56 Å². The number of aliphatic carboxylic acids is 1. The van der Waals surface area contributed by atoms with Gasteiger partial charge >= 0.3 is 18.3 Å². The minimum absolute atomic E-state index is 0.0996. The van der Waals surface area contributed by atoms with E-state index in [2.05, 4.69) is 0 Å². The highest BCUT2D eigenvalue weighted by Crippen LogP contribution is 2.37. The topological polar surface area (TPSA) is 59.3 Å². The summed E-state index contributed by atoms with van der Waals surface area (Å²) >= 11 is 0. The summed E-state index contributed by atoms with van der Waals surface area (Å²) in [7, 11) is 0. The largest absolute Gasteiger partial charge is 0.481 e. The number of carboxylic acid groups (broad SMARTS) is 1. The molecule has 2 aromatic rings. The average molecular weight is 407 g/mol. The molecule has 0 aliphatic rings. The van der Waals surface area contributed by atoms with Crippen LogP contribution in [0.15, 0.2) is 47.4 Å². The van der Waals surface area contributed by atoms with Crippen LogP contribution in [-0.4, -0.2) is 21.8 Å². The van der Waals surface area contributed by atoms with Crippen LogP contribution in [0.25, 0.3) is 0 Å². The van der Waals surface area contributed by atoms with E-state index in [1.165, 1.54) is 12.1 Å². The van der Waals surface area contributed by atoms with Gasteiger partial charge in [-0.15, -0.1) is 0 Å². The van der Waals surface area contributed by atoms with Crippen molar-refractivity contribution in [1.82, 2.24) is 4.57 Å². The second kappa shape index (κ2) is 7.69. The van der Waals surface area contributed by atoms with Crippen molar-refractivity contribution < 1.29 is 36.2 Å². The Morgan fingerprint density at radius 2 is 1.61 bits per heavy atom. The van der Waals surface area contributed by atoms with E-state index in [1.807, 2.05) is 0 Å². The predicted octanol–water partition coefficient (Wildman–Crippen LogP) is 4.28. The Balaban J connectivity index is 2.30. The highest BCUT2D eigenvalue weighted by Gasteiger charge is 2.45. The normalized spacial score (nSPS) is 14.5. The Hall–Kier alpha value is -2.78. The van der Waals surface area contributed by atoms with Crippen molar-refractivity contribution >= 4 is 5.97 Å². The lowest BCUT2D eigenvalue weighted by Crippen LogP contribution is -2.31. The van der Waals surface area contributed by atoms with Crippen LogP contribution in [0.1, 0.15) is 29.5 Å². The number of nitrogens with zero attached hydrogens (tertiary/aromatic N) is 1. The Bertz CT molecular complexity index is 899. The Morgan fingerprint density at radius 1 is 1.04 bits per heavy atom. The van der Waals surface area contributed by atoms with Gasteiger partial charge in [-0.25, -0.2) is 0 Å². The van der Waals surface area contributed by atoms with Crippen LogP contribution in [0.4, 0.5) is 26.3 Å². The quantitative estimate of drug-likeness (QED) is 0.753. The number of alkyl halides is 6. The van der Waals surface area contributed by atoms with Gasteiger partial charge in [0.2, 0.25) is 0 Å². The molecule has 0 spiro atoms. The molecule has 1 N–H and O–H groups in total. The van der Waals surface area contributed by atoms with Crippen LogP contribution in [0.3, 0.4) is 0 Å². The molecule has 152 valence electrons. The highest BCUT2D eigenvalue weighted by atomic mass is 19.4. The van der Waals surface area contributed by atoms with Crippen LogP contribution in [0.2, 0.25) is 0 Å². The molecule has 0 radical (unpaired) electrons. The fraction of sp³-hybridized carbons (Fsp3) is 0.333. The lowest BCUT2D eigenvalue weighted by atomic mass is 9.86. The first-order valence-electron chi connectivity index (χ1n) is 7.96. The van der Waals surface area contributed by atoms with Crippen molar-refractivity contribution in [3.8, 4) is 0 Å². The van der Waals surface area contributed by atoms with Crippen molar-refractivity contribution in [3.05, 3.63) is 69.6 Å². The van der Waals surface area contributed by atoms with E-state index >= 15 is 0 Å². The van der Waals surface area contributed by atoms with Gasteiger partial charge < -0.3 is 9.67 Å². The third-order valence-electron chi connectivity index (χ3n) is 4.28. The molecule has 2 rings (SSSR count). The summed E-state index contributed by atoms with van der Waals surface area (Å²) in [5, 5.41) is 9.16. The molecular weight excluding hydrogens is 392 g/mol. The first-order valence-corrected chi connectivity index (χ1v) is 7.96. The number of carbonyl (C=O) groups is 1. The van der Waals surface area contributed by atoms with E-state index in [0.717, 1.165) is 29.7 Å². The number of halogens is 6. The zero-order chi connectivity index (χ0) is 21.3. The molecule has 4 nitrogen and oxygen atoms in total. The summed E-state index contributed by atoms with van der Waals surface area (Å²) in [5.41, 5.74) is -1.48. The van der Waals surface area contributed by atoms with Crippen molar-refractivity contribution in [2.75, 3.05) is 0 Å². The van der Waals surface area contributed by atoms with Gasteiger partial charge in [0, 0.05) is 12.3 Å². The molecule has 2 atom stereocenters. The van der Waals surface area contributed by atoms with Gasteiger partial charge in [-0.05, 0) is 17.2 Å². The second-order valence-corrected chi connectivity index (χ2v) is 6.27. The van der Waals surface area contributed by atoms with E-state index < -0.39 is 41.3 Å². The van der Waals surface area contributed by atoms with Gasteiger partial charge in [-0.2, -0.15) is 26.3 Å². The van der Waals surface area contributed by atoms with Crippen molar-refractivity contribution in [3.63, 3.8) is 0 Å². The molecule has 1 aromatic heterocycles. The number of rotatable bonds is 5. The molecule has 2 unspecified atom stereocenters. The van der Waals surface area contributed by atoms with E-state index in [1.54, 1.807) is 0 Å². The number of benzene rings is 1. The molecule has 10 heteroatoms. The van der Waals surface area contributed by atoms with E-state index in [4.69, 9.17) is 5.11 Å². The van der Waals surface area contributed by atoms with Crippen LogP contribution in [0.5, 0.6) is 0 Å². The van der Waals surface area contributed by atoms with Crippen molar-refractivity contribution in [2.45, 2.75) is 31.7 Å². The van der Waals surface area contributed by atoms with Crippen LogP contribution in [0, 0.1) is 5.92 Å². The van der Waals surface area contributed by atoms with E-state index in [0.29, 0.717) is 17.8 Å². The molecule has 0 bridgehead atoms. The predicted molar refractivity (Wildman–Crippen MR) is 86.8 cm³/mol. The number of hydrogen-bond acceptors (Lipinski definition) is 2. The smallest absolute Gasteiger partial charge is 0.417 e. The van der Waals surface area contributed by atoms with Gasteiger partial charge in [0.15, 0.2) is 0 Å². The molecule has 0 saturated heterocycles. The standard InChI is InChI=1S/C18H15F6NO3/c1-10(17(19,20)21)15(16(27)28)12-4-2-11(3-5-12)8-25-9-13(18(22,23)24)6-7-14(25)26/h2-7,9-10,15H,8H2,1H3,(H,27,28). The van der Waals surface area contributed by atoms with Gasteiger partial charge in [0.05, 0.1) is 23.9 Å². The Kier molecular flexibility index (Phi) is 5.91. The summed E-state index contributed by atoms with van der Waals surface area (Å²) in [6.45, 7) is 0.504. The molecule has 0 amide bonds. The molecule has 1 heterocycles. The summed E-state index contributed by atoms with van der Waals surface area (Å²) in [6, 6.07) is 6.30. The fourth-order valence-corrected chi connectivity index (χ4v) is 2.68. The maximum atomic E-state index is 12.9. The maximum absolute atomic E-state index is 12.9. The molecular formula is C18H15F6NO3. The van der Waals surface area contributed by atoms with Crippen LogP contribution >= 0.6 is 0 Å². The van der Waals surface area contributed by atoms with Crippen molar-refractivity contribution in [2.24, 2.45) is 5.92 Å². The fourth-order valence-electron chi connectivity index (χ4n) is 2.68. The van der Waals surface area contributed by atoms with E-state index in [-0.39, 0.29) is 12.1 Å². The lowest BCUT2D eigenvalue weighted by Gasteiger charge is -2.23. The molecule has 0 aliphatic heterocycles. The zero-order valence-electron chi connectivity index (χ0n) is 14.4. The molecule has 0 saturated carbocycles. The third-order valence-corrected chi connectivity index (χ3v) is 4.28. The molecule has 0 aliphatic carbocycles. The summed E-state index contributed by atoms with van der Waals surface area (Å²) in [5.74, 6) is -5.61. The first kappa shape index (κ1) is 21.5. The van der Waals surface area contributed by atoms with Crippen LogP contribution in [-0.2, 0) is 17.5 Å². The first-order chi connectivity index (χ1) is 12.8. The van der Waals surface area contributed by atoms with Gasteiger partial charge in [-0.3, -0.25) is 9.59 Å². The number of pyridine rings is 1. The summed E-state index contributed by atoms with van der Waals surface area (Å²) < 4.78 is 77.8. The molecule has 0 fully saturated rings.